The van der Waals surface area contributed by atoms with E-state index in [4.69, 9.17) is 25.8 Å². The maximum Gasteiger partial charge on any atom is 0.410 e. The minimum Gasteiger partial charge on any atom is -0.461 e. The number of hydrogen-bond donors (Lipinski definition) is 0. The van der Waals surface area contributed by atoms with Crippen molar-refractivity contribution in [2.45, 2.75) is 85.6 Å². The highest BCUT2D eigenvalue weighted by Crippen LogP contribution is 2.23. The fourth-order valence-electron chi connectivity index (χ4n) is 4.13. The average Bonchev–Trinajstić information content (AvgIpc) is 2.86. The van der Waals surface area contributed by atoms with E-state index in [0.717, 1.165) is 28.7 Å². The van der Waals surface area contributed by atoms with Crippen LogP contribution in [0.1, 0.15) is 81.2 Å². The molecule has 0 bridgehead atoms. The van der Waals surface area contributed by atoms with Crippen molar-refractivity contribution >= 4 is 29.8 Å². The van der Waals surface area contributed by atoms with Crippen molar-refractivity contribution in [2.24, 2.45) is 0 Å². The molecule has 0 fully saturated rings. The summed E-state index contributed by atoms with van der Waals surface area (Å²) in [7, 11) is 0. The van der Waals surface area contributed by atoms with Gasteiger partial charge in [-0.05, 0) is 95.7 Å². The maximum absolute atomic E-state index is 12.1. The van der Waals surface area contributed by atoms with Crippen molar-refractivity contribution in [2.75, 3.05) is 19.7 Å². The Balaban J connectivity index is 0.000000225. The maximum atomic E-state index is 12.1. The fourth-order valence-corrected chi connectivity index (χ4v) is 4.31. The molecule has 0 spiro atoms. The number of esters is 1. The predicted molar refractivity (Wildman–Crippen MR) is 150 cm³/mol. The lowest BCUT2D eigenvalue weighted by molar-refractivity contribution is 0.0213. The van der Waals surface area contributed by atoms with E-state index in [9.17, 15) is 14.4 Å². The van der Waals surface area contributed by atoms with Crippen molar-refractivity contribution in [1.82, 2.24) is 19.8 Å². The number of pyridine rings is 2. The molecule has 0 aromatic carbocycles. The molecule has 2 aliphatic heterocycles. The second kappa shape index (κ2) is 12.8. The van der Waals surface area contributed by atoms with Crippen LogP contribution in [0.25, 0.3) is 0 Å². The summed E-state index contributed by atoms with van der Waals surface area (Å²) < 4.78 is 15.7. The number of aromatic nitrogens is 2. The Morgan fingerprint density at radius 2 is 1.27 bits per heavy atom. The first-order valence-corrected chi connectivity index (χ1v) is 13.8. The molecule has 0 atom stereocenters. The van der Waals surface area contributed by atoms with Gasteiger partial charge < -0.3 is 24.0 Å². The lowest BCUT2D eigenvalue weighted by Crippen LogP contribution is -2.40. The Bertz CT molecular complexity index is 1240. The van der Waals surface area contributed by atoms with Crippen LogP contribution in [0.3, 0.4) is 0 Å². The van der Waals surface area contributed by atoms with Crippen LogP contribution < -0.4 is 0 Å². The third-order valence-electron chi connectivity index (χ3n) is 5.94. The van der Waals surface area contributed by atoms with Gasteiger partial charge in [0.1, 0.15) is 22.0 Å². The first kappa shape index (κ1) is 31.1. The van der Waals surface area contributed by atoms with Crippen LogP contribution in [0.5, 0.6) is 0 Å². The molecule has 40 heavy (non-hydrogen) atoms. The first-order valence-electron chi connectivity index (χ1n) is 13.4. The summed E-state index contributed by atoms with van der Waals surface area (Å²) in [6.07, 6.45) is 4.34. The molecule has 0 aliphatic carbocycles. The zero-order valence-corrected chi connectivity index (χ0v) is 25.1. The van der Waals surface area contributed by atoms with Crippen LogP contribution in [-0.2, 0) is 40.1 Å². The van der Waals surface area contributed by atoms with Gasteiger partial charge in [0.25, 0.3) is 0 Å². The van der Waals surface area contributed by atoms with E-state index < -0.39 is 17.2 Å². The van der Waals surface area contributed by atoms with E-state index in [0.29, 0.717) is 44.4 Å². The average molecular weight is 575 g/mol. The highest BCUT2D eigenvalue weighted by atomic mass is 35.5. The number of nitrogens with zero attached hydrogens (tertiary/aromatic N) is 4. The molecule has 2 aliphatic rings. The van der Waals surface area contributed by atoms with Crippen molar-refractivity contribution in [3.8, 4) is 0 Å². The van der Waals surface area contributed by atoms with Crippen molar-refractivity contribution < 1.29 is 28.6 Å². The second-order valence-electron chi connectivity index (χ2n) is 11.6. The molecule has 2 amide bonds. The molecular formula is C29H39ClN4O6. The summed E-state index contributed by atoms with van der Waals surface area (Å²) in [5, 5.41) is 0.458. The first-order chi connectivity index (χ1) is 18.6. The second-order valence-corrected chi connectivity index (χ2v) is 12.0. The van der Waals surface area contributed by atoms with E-state index >= 15 is 0 Å². The van der Waals surface area contributed by atoms with Crippen LogP contribution >= 0.6 is 11.6 Å². The quantitative estimate of drug-likeness (QED) is 0.260. The monoisotopic (exact) mass is 574 g/mol. The summed E-state index contributed by atoms with van der Waals surface area (Å²) >= 11 is 5.86. The number of fused-ring (bicyclic) bond motifs is 2. The highest BCUT2D eigenvalue weighted by molar-refractivity contribution is 6.29. The molecule has 4 rings (SSSR count). The number of hydrogen-bond acceptors (Lipinski definition) is 8. The topological polar surface area (TPSA) is 111 Å². The van der Waals surface area contributed by atoms with E-state index in [-0.39, 0.29) is 17.9 Å². The molecule has 218 valence electrons. The van der Waals surface area contributed by atoms with E-state index in [1.165, 1.54) is 0 Å². The van der Waals surface area contributed by atoms with Gasteiger partial charge in [0.15, 0.2) is 0 Å². The normalized spacial score (nSPS) is 14.7. The van der Waals surface area contributed by atoms with Crippen LogP contribution in [0.4, 0.5) is 9.59 Å². The Hall–Kier alpha value is -3.40. The number of carbonyl (C=O) groups is 3. The van der Waals surface area contributed by atoms with Gasteiger partial charge in [-0.1, -0.05) is 11.6 Å². The number of amides is 2. The highest BCUT2D eigenvalue weighted by Gasteiger charge is 2.27. The van der Waals surface area contributed by atoms with Gasteiger partial charge >= 0.3 is 18.2 Å². The zero-order chi connectivity index (χ0) is 29.7. The van der Waals surface area contributed by atoms with Gasteiger partial charge in [0.2, 0.25) is 0 Å². The SMILES string of the molecule is CC(C)(C)OC(=O)N1CCc2cnc(Cl)cc2C1.CCOC(=O)c1cc2c(cn1)CCN(C(=O)OC(C)(C)C)C2. The lowest BCUT2D eigenvalue weighted by Gasteiger charge is -2.31. The number of rotatable bonds is 2. The number of halogens is 1. The zero-order valence-electron chi connectivity index (χ0n) is 24.4. The summed E-state index contributed by atoms with van der Waals surface area (Å²) in [4.78, 5) is 47.4. The standard InChI is InChI=1S/C16H22N2O4.C13H17ClN2O2/c1-5-21-14(19)13-8-12-10-18(7-6-11(12)9-17-13)15(20)22-16(2,3)4;1-13(2,3)18-12(17)16-5-4-9-7-15-11(14)6-10(9)8-16/h8-9H,5-7,10H2,1-4H3;6-7H,4-5,8H2,1-3H3. The fraction of sp³-hybridized carbons (Fsp3) is 0.552. The smallest absolute Gasteiger partial charge is 0.410 e. The van der Waals surface area contributed by atoms with Crippen LogP contribution in [0.2, 0.25) is 5.15 Å². The van der Waals surface area contributed by atoms with Gasteiger partial charge in [-0.2, -0.15) is 0 Å². The minimum atomic E-state index is -0.522. The molecule has 2 aromatic heterocycles. The molecule has 2 aromatic rings. The van der Waals surface area contributed by atoms with Gasteiger partial charge in [0, 0.05) is 38.6 Å². The Labute approximate surface area is 241 Å². The van der Waals surface area contributed by atoms with Gasteiger partial charge in [-0.25, -0.2) is 24.4 Å². The largest absolute Gasteiger partial charge is 0.461 e. The Kier molecular flexibility index (Phi) is 10.00. The molecule has 0 radical (unpaired) electrons. The molecule has 0 unspecified atom stereocenters. The molecule has 11 heteroatoms. The van der Waals surface area contributed by atoms with Crippen LogP contribution in [0.15, 0.2) is 24.5 Å². The molecule has 10 nitrogen and oxygen atoms in total. The Morgan fingerprint density at radius 1 is 0.800 bits per heavy atom. The lowest BCUT2D eigenvalue weighted by atomic mass is 10.0. The van der Waals surface area contributed by atoms with Gasteiger partial charge in [0.05, 0.1) is 6.61 Å². The van der Waals surface area contributed by atoms with Crippen LogP contribution in [0, 0.1) is 0 Å². The van der Waals surface area contributed by atoms with Crippen molar-refractivity contribution in [1.29, 1.82) is 0 Å². The minimum absolute atomic E-state index is 0.270. The summed E-state index contributed by atoms with van der Waals surface area (Å²) in [5.41, 5.74) is 3.44. The van der Waals surface area contributed by atoms with Crippen molar-refractivity contribution in [3.05, 3.63) is 57.6 Å². The summed E-state index contributed by atoms with van der Waals surface area (Å²) in [6.45, 7) is 15.4. The third kappa shape index (κ3) is 9.08. The molecule has 0 saturated carbocycles. The van der Waals surface area contributed by atoms with Gasteiger partial charge in [-0.3, -0.25) is 0 Å². The van der Waals surface area contributed by atoms with Crippen molar-refractivity contribution in [3.63, 3.8) is 0 Å². The van der Waals surface area contributed by atoms with E-state index in [1.54, 1.807) is 35.2 Å². The number of carbonyl (C=O) groups excluding carboxylic acids is 3. The molecular weight excluding hydrogens is 536 g/mol. The van der Waals surface area contributed by atoms with Crippen LogP contribution in [-0.4, -0.2) is 68.8 Å². The number of ether oxygens (including phenoxy) is 3. The molecule has 0 saturated heterocycles. The molecule has 4 heterocycles. The predicted octanol–water partition coefficient (Wildman–Crippen LogP) is 5.58. The van der Waals surface area contributed by atoms with Gasteiger partial charge in [-0.15, -0.1) is 0 Å². The summed E-state index contributed by atoms with van der Waals surface area (Å²) in [6, 6.07) is 3.51. The van der Waals surface area contributed by atoms with E-state index in [2.05, 4.69) is 9.97 Å². The Morgan fingerprint density at radius 3 is 1.75 bits per heavy atom. The third-order valence-corrected chi connectivity index (χ3v) is 6.15. The summed E-state index contributed by atoms with van der Waals surface area (Å²) in [5.74, 6) is -0.445. The van der Waals surface area contributed by atoms with E-state index in [1.807, 2.05) is 47.6 Å². The molecule has 0 N–H and O–H groups in total.